The van der Waals surface area contributed by atoms with Crippen LogP contribution in [0.25, 0.3) is 11.2 Å². The second-order valence-electron chi connectivity index (χ2n) is 9.39. The van der Waals surface area contributed by atoms with Crippen molar-refractivity contribution in [1.29, 1.82) is 0 Å². The van der Waals surface area contributed by atoms with Gasteiger partial charge in [-0.25, -0.2) is 9.97 Å². The molecule has 0 spiro atoms. The van der Waals surface area contributed by atoms with Gasteiger partial charge in [-0.05, 0) is 61.5 Å². The summed E-state index contributed by atoms with van der Waals surface area (Å²) in [6.45, 7) is 5.52. The molecule has 0 aliphatic heterocycles. The van der Waals surface area contributed by atoms with E-state index >= 15 is 0 Å². The fraction of sp³-hybridized carbons (Fsp3) is 0.727. The van der Waals surface area contributed by atoms with E-state index in [1.165, 1.54) is 51.4 Å². The van der Waals surface area contributed by atoms with Gasteiger partial charge < -0.3 is 9.30 Å². The van der Waals surface area contributed by atoms with E-state index in [1.54, 1.807) is 0 Å². The lowest BCUT2D eigenvalue weighted by Gasteiger charge is -2.58. The Labute approximate surface area is 156 Å². The molecule has 4 heteroatoms. The molecule has 0 radical (unpaired) electrons. The first kappa shape index (κ1) is 16.7. The van der Waals surface area contributed by atoms with Crippen molar-refractivity contribution < 1.29 is 4.74 Å². The number of hydrogen-bond acceptors (Lipinski definition) is 3. The van der Waals surface area contributed by atoms with Crippen LogP contribution in [-0.4, -0.2) is 20.6 Å². The Morgan fingerprint density at radius 3 is 2.62 bits per heavy atom. The number of pyridine rings is 1. The smallest absolute Gasteiger partial charge is 0.160 e. The summed E-state index contributed by atoms with van der Waals surface area (Å²) < 4.78 is 8.82. The van der Waals surface area contributed by atoms with Gasteiger partial charge in [0.1, 0.15) is 17.9 Å². The normalized spacial score (nSPS) is 31.1. The zero-order chi connectivity index (χ0) is 17.7. The van der Waals surface area contributed by atoms with Crippen molar-refractivity contribution in [3.8, 4) is 0 Å². The highest BCUT2D eigenvalue weighted by molar-refractivity contribution is 5.71. The summed E-state index contributed by atoms with van der Waals surface area (Å²) in [5.74, 6) is 2.79. The highest BCUT2D eigenvalue weighted by atomic mass is 16.5. The molecule has 4 aliphatic carbocycles. The minimum absolute atomic E-state index is 0.416. The predicted molar refractivity (Wildman–Crippen MR) is 103 cm³/mol. The van der Waals surface area contributed by atoms with Crippen LogP contribution in [0.15, 0.2) is 18.3 Å². The van der Waals surface area contributed by atoms with Crippen molar-refractivity contribution in [2.24, 2.45) is 17.3 Å². The zero-order valence-electron chi connectivity index (χ0n) is 16.2. The predicted octanol–water partition coefficient (Wildman–Crippen LogP) is 5.28. The summed E-state index contributed by atoms with van der Waals surface area (Å²) in [7, 11) is 0. The van der Waals surface area contributed by atoms with E-state index in [2.05, 4.69) is 29.5 Å². The maximum atomic E-state index is 6.41. The molecule has 2 aromatic rings. The topological polar surface area (TPSA) is 39.9 Å². The lowest BCUT2D eigenvalue weighted by molar-refractivity contribution is -0.139. The van der Waals surface area contributed by atoms with Crippen molar-refractivity contribution in [2.75, 3.05) is 0 Å². The highest BCUT2D eigenvalue weighted by Gasteiger charge is 2.52. The summed E-state index contributed by atoms with van der Waals surface area (Å²) in [6.07, 6.45) is 12.7. The standard InChI is InChI=1S/C22H31N3O/c1-22(2)15-11-16(22)13-18(12-15)26-14-20-24-19-9-6-10-23-21(19)25(20)17-7-4-3-5-8-17/h6,9-10,15-18H,3-5,7-8,11-14H2,1-2H3. The van der Waals surface area contributed by atoms with Gasteiger partial charge in [-0.3, -0.25) is 0 Å². The molecular formula is C22H31N3O. The molecule has 0 N–H and O–H groups in total. The van der Waals surface area contributed by atoms with Crippen LogP contribution >= 0.6 is 0 Å². The first-order valence-electron chi connectivity index (χ1n) is 10.6. The molecule has 0 saturated heterocycles. The number of fused-ring (bicyclic) bond motifs is 3. The second kappa shape index (κ2) is 6.33. The molecule has 2 aromatic heterocycles. The van der Waals surface area contributed by atoms with Gasteiger partial charge >= 0.3 is 0 Å². The molecule has 2 unspecified atom stereocenters. The van der Waals surface area contributed by atoms with E-state index in [0.717, 1.165) is 28.8 Å². The molecule has 26 heavy (non-hydrogen) atoms. The van der Waals surface area contributed by atoms with E-state index < -0.39 is 0 Å². The quantitative estimate of drug-likeness (QED) is 0.751. The van der Waals surface area contributed by atoms with Crippen molar-refractivity contribution in [3.63, 3.8) is 0 Å². The van der Waals surface area contributed by atoms with Gasteiger partial charge in [0.25, 0.3) is 0 Å². The second-order valence-corrected chi connectivity index (χ2v) is 9.39. The summed E-state index contributed by atoms with van der Waals surface area (Å²) in [5, 5.41) is 0. The first-order valence-corrected chi connectivity index (χ1v) is 10.6. The van der Waals surface area contributed by atoms with Gasteiger partial charge in [-0.1, -0.05) is 33.1 Å². The fourth-order valence-corrected chi connectivity index (χ4v) is 5.78. The molecule has 140 valence electrons. The first-order chi connectivity index (χ1) is 12.6. The minimum Gasteiger partial charge on any atom is -0.370 e. The van der Waals surface area contributed by atoms with Crippen molar-refractivity contribution in [1.82, 2.24) is 14.5 Å². The molecule has 6 rings (SSSR count). The molecule has 2 atom stereocenters. The van der Waals surface area contributed by atoms with Crippen LogP contribution in [0.1, 0.15) is 77.1 Å². The van der Waals surface area contributed by atoms with Crippen LogP contribution < -0.4 is 0 Å². The Morgan fingerprint density at radius 1 is 1.12 bits per heavy atom. The number of aromatic nitrogens is 3. The third kappa shape index (κ3) is 2.69. The Hall–Kier alpha value is -1.42. The maximum absolute atomic E-state index is 6.41. The largest absolute Gasteiger partial charge is 0.370 e. The average molecular weight is 354 g/mol. The van der Waals surface area contributed by atoms with Crippen LogP contribution in [0.5, 0.6) is 0 Å². The molecule has 0 aromatic carbocycles. The number of rotatable bonds is 4. The van der Waals surface area contributed by atoms with Gasteiger partial charge in [-0.15, -0.1) is 0 Å². The van der Waals surface area contributed by atoms with Crippen molar-refractivity contribution in [2.45, 2.75) is 84.0 Å². The summed E-state index contributed by atoms with van der Waals surface area (Å²) in [6, 6.07) is 4.62. The Bertz CT molecular complexity index is 776. The molecule has 2 bridgehead atoms. The molecule has 4 nitrogen and oxygen atoms in total. The number of hydrogen-bond donors (Lipinski definition) is 0. The van der Waals surface area contributed by atoms with Gasteiger partial charge in [0.05, 0.1) is 6.10 Å². The average Bonchev–Trinajstić information content (AvgIpc) is 3.05. The van der Waals surface area contributed by atoms with Crippen LogP contribution in [-0.2, 0) is 11.3 Å². The third-order valence-corrected chi connectivity index (χ3v) is 7.68. The van der Waals surface area contributed by atoms with E-state index in [0.29, 0.717) is 24.2 Å². The van der Waals surface area contributed by atoms with Crippen LogP contribution in [0.3, 0.4) is 0 Å². The fourth-order valence-electron chi connectivity index (χ4n) is 5.78. The molecule has 2 heterocycles. The molecular weight excluding hydrogens is 322 g/mol. The monoisotopic (exact) mass is 353 g/mol. The lowest BCUT2D eigenvalue weighted by atomic mass is 9.48. The van der Waals surface area contributed by atoms with Crippen LogP contribution in [0, 0.1) is 17.3 Å². The van der Waals surface area contributed by atoms with Crippen molar-refractivity contribution >= 4 is 11.2 Å². The Balaban J connectivity index is 1.35. The van der Waals surface area contributed by atoms with E-state index in [4.69, 9.17) is 9.72 Å². The minimum atomic E-state index is 0.416. The van der Waals surface area contributed by atoms with Gasteiger partial charge in [0.2, 0.25) is 0 Å². The highest BCUT2D eigenvalue weighted by Crippen LogP contribution is 2.59. The zero-order valence-corrected chi connectivity index (χ0v) is 16.2. The SMILES string of the molecule is CC1(C)C2CC(OCc3nc4cccnc4n3C3CCCCC3)CC1C2. The molecule has 4 aliphatic rings. The third-order valence-electron chi connectivity index (χ3n) is 7.68. The van der Waals surface area contributed by atoms with Gasteiger partial charge in [-0.2, -0.15) is 0 Å². The summed E-state index contributed by atoms with van der Waals surface area (Å²) >= 11 is 0. The summed E-state index contributed by atoms with van der Waals surface area (Å²) in [5.41, 5.74) is 2.61. The molecule has 0 amide bonds. The number of imidazole rings is 1. The van der Waals surface area contributed by atoms with E-state index in [1.807, 2.05) is 12.3 Å². The van der Waals surface area contributed by atoms with Gasteiger partial charge in [0.15, 0.2) is 5.65 Å². The number of nitrogens with zero attached hydrogens (tertiary/aromatic N) is 3. The van der Waals surface area contributed by atoms with E-state index in [9.17, 15) is 0 Å². The van der Waals surface area contributed by atoms with Crippen LogP contribution in [0.2, 0.25) is 0 Å². The lowest BCUT2D eigenvalue weighted by Crippen LogP contribution is -2.52. The van der Waals surface area contributed by atoms with Crippen LogP contribution in [0.4, 0.5) is 0 Å². The molecule has 4 fully saturated rings. The Kier molecular flexibility index (Phi) is 4.07. The maximum Gasteiger partial charge on any atom is 0.160 e. The Morgan fingerprint density at radius 2 is 1.88 bits per heavy atom. The van der Waals surface area contributed by atoms with Gasteiger partial charge in [0, 0.05) is 12.2 Å². The summed E-state index contributed by atoms with van der Waals surface area (Å²) in [4.78, 5) is 9.56. The molecule has 4 saturated carbocycles. The van der Waals surface area contributed by atoms with Crippen molar-refractivity contribution in [3.05, 3.63) is 24.2 Å². The number of ether oxygens (including phenoxy) is 1. The van der Waals surface area contributed by atoms with E-state index in [-0.39, 0.29) is 0 Å².